The van der Waals surface area contributed by atoms with Crippen molar-refractivity contribution in [3.63, 3.8) is 0 Å². The van der Waals surface area contributed by atoms with Crippen molar-refractivity contribution >= 4 is 27.3 Å². The van der Waals surface area contributed by atoms with Crippen LogP contribution in [0.2, 0.25) is 0 Å². The van der Waals surface area contributed by atoms with Crippen molar-refractivity contribution in [2.24, 2.45) is 0 Å². The molecule has 1 rings (SSSR count). The molecule has 19 heavy (non-hydrogen) atoms. The highest BCUT2D eigenvalue weighted by atomic mass is 32.2. The molecule has 108 valence electrons. The first-order chi connectivity index (χ1) is 8.58. The zero-order valence-corrected chi connectivity index (χ0v) is 12.8. The van der Waals surface area contributed by atoms with Crippen LogP contribution in [-0.2, 0) is 14.8 Å². The Balaban J connectivity index is 3.15. The minimum atomic E-state index is -3.87. The molecular formula is C11H17NO5S2. The van der Waals surface area contributed by atoms with Crippen LogP contribution < -0.4 is 4.72 Å². The van der Waals surface area contributed by atoms with Crippen molar-refractivity contribution in [3.05, 3.63) is 15.8 Å². The normalized spacial score (nSPS) is 12.5. The van der Waals surface area contributed by atoms with Crippen LogP contribution in [0.3, 0.4) is 0 Å². The highest BCUT2D eigenvalue weighted by Crippen LogP contribution is 2.27. The first-order valence-electron chi connectivity index (χ1n) is 5.47. The van der Waals surface area contributed by atoms with Crippen molar-refractivity contribution < 1.29 is 23.1 Å². The van der Waals surface area contributed by atoms with Crippen molar-refractivity contribution in [1.29, 1.82) is 0 Å². The smallest absolute Gasteiger partial charge is 0.349 e. The number of aryl methyl sites for hydroxylation is 1. The molecule has 0 fully saturated rings. The fourth-order valence-electron chi connectivity index (χ4n) is 1.34. The van der Waals surface area contributed by atoms with Crippen LogP contribution >= 0.6 is 11.3 Å². The van der Waals surface area contributed by atoms with E-state index < -0.39 is 21.6 Å². The van der Waals surface area contributed by atoms with Gasteiger partial charge in [0, 0.05) is 6.54 Å². The molecule has 6 nitrogen and oxygen atoms in total. The maximum atomic E-state index is 12.2. The third-order valence-electron chi connectivity index (χ3n) is 2.25. The van der Waals surface area contributed by atoms with Gasteiger partial charge in [-0.05, 0) is 31.7 Å². The summed E-state index contributed by atoms with van der Waals surface area (Å²) in [5.41, 5.74) is -0.712. The summed E-state index contributed by atoms with van der Waals surface area (Å²) >= 11 is 1.01. The van der Waals surface area contributed by atoms with Crippen molar-refractivity contribution in [2.75, 3.05) is 13.7 Å². The van der Waals surface area contributed by atoms with Gasteiger partial charge in [0.15, 0.2) is 0 Å². The number of thiophene rings is 1. The van der Waals surface area contributed by atoms with E-state index in [2.05, 4.69) is 9.46 Å². The van der Waals surface area contributed by atoms with Crippen LogP contribution in [0.5, 0.6) is 0 Å². The summed E-state index contributed by atoms with van der Waals surface area (Å²) in [5, 5.41) is 11.1. The van der Waals surface area contributed by atoms with Crippen LogP contribution in [0.4, 0.5) is 0 Å². The SMILES string of the molecule is COC(=O)c1scc(C)c1S(=O)(=O)NCC(C)(C)O. The molecular weight excluding hydrogens is 290 g/mol. The molecule has 0 saturated carbocycles. The summed E-state index contributed by atoms with van der Waals surface area (Å²) in [6.45, 7) is 4.42. The molecule has 1 aromatic heterocycles. The first kappa shape index (κ1) is 16.1. The fourth-order valence-corrected chi connectivity index (χ4v) is 4.25. The van der Waals surface area contributed by atoms with Crippen molar-refractivity contribution in [3.8, 4) is 0 Å². The number of hydrogen-bond donors (Lipinski definition) is 2. The topological polar surface area (TPSA) is 92.7 Å². The largest absolute Gasteiger partial charge is 0.465 e. The fraction of sp³-hybridized carbons (Fsp3) is 0.545. The van der Waals surface area contributed by atoms with Gasteiger partial charge in [-0.3, -0.25) is 0 Å². The second-order valence-electron chi connectivity index (χ2n) is 4.71. The third-order valence-corrected chi connectivity index (χ3v) is 5.05. The zero-order chi connectivity index (χ0) is 14.8. The number of ether oxygens (including phenoxy) is 1. The van der Waals surface area contributed by atoms with E-state index in [0.29, 0.717) is 5.56 Å². The molecule has 0 amide bonds. The van der Waals surface area contributed by atoms with Crippen molar-refractivity contribution in [2.45, 2.75) is 31.3 Å². The third kappa shape index (κ3) is 4.00. The predicted octanol–water partition coefficient (Wildman–Crippen LogP) is 0.892. The number of nitrogens with one attached hydrogen (secondary N) is 1. The Labute approximate surface area is 116 Å². The molecule has 0 saturated heterocycles. The number of esters is 1. The summed E-state index contributed by atoms with van der Waals surface area (Å²) in [6.07, 6.45) is 0. The Bertz CT molecular complexity index is 568. The van der Waals surface area contributed by atoms with Gasteiger partial charge in [0.2, 0.25) is 10.0 Å². The van der Waals surface area contributed by atoms with Gasteiger partial charge >= 0.3 is 5.97 Å². The van der Waals surface area contributed by atoms with Gasteiger partial charge in [-0.25, -0.2) is 17.9 Å². The Kier molecular flexibility index (Phi) is 4.72. The monoisotopic (exact) mass is 307 g/mol. The van der Waals surface area contributed by atoms with E-state index in [1.54, 1.807) is 12.3 Å². The molecule has 1 aromatic rings. The Hall–Kier alpha value is -0.960. The van der Waals surface area contributed by atoms with E-state index in [1.165, 1.54) is 21.0 Å². The number of hydrogen-bond acceptors (Lipinski definition) is 6. The Morgan fingerprint density at radius 1 is 1.53 bits per heavy atom. The maximum Gasteiger partial charge on any atom is 0.349 e. The minimum absolute atomic E-state index is 0.0308. The van der Waals surface area contributed by atoms with Crippen LogP contribution in [0.1, 0.15) is 29.1 Å². The van der Waals surface area contributed by atoms with E-state index in [9.17, 15) is 18.3 Å². The lowest BCUT2D eigenvalue weighted by Gasteiger charge is -2.18. The number of rotatable bonds is 5. The summed E-state index contributed by atoms with van der Waals surface area (Å²) in [6, 6.07) is 0. The van der Waals surface area contributed by atoms with Crippen LogP contribution in [0.25, 0.3) is 0 Å². The summed E-state index contributed by atoms with van der Waals surface area (Å²) < 4.78 is 31.2. The standard InChI is InChI=1S/C11H17NO5S2/c1-7-5-18-8(10(13)17-4)9(7)19(15,16)12-6-11(2,3)14/h5,12,14H,6H2,1-4H3. The van der Waals surface area contributed by atoms with E-state index in [0.717, 1.165) is 11.3 Å². The van der Waals surface area contributed by atoms with Gasteiger partial charge in [0.1, 0.15) is 9.77 Å². The summed E-state index contributed by atoms with van der Waals surface area (Å²) in [4.78, 5) is 11.5. The quantitative estimate of drug-likeness (QED) is 0.788. The molecule has 8 heteroatoms. The number of aliphatic hydroxyl groups is 1. The van der Waals surface area contributed by atoms with Gasteiger partial charge in [-0.2, -0.15) is 0 Å². The van der Waals surface area contributed by atoms with E-state index in [4.69, 9.17) is 0 Å². The minimum Gasteiger partial charge on any atom is -0.465 e. The van der Waals surface area contributed by atoms with Gasteiger partial charge in [0.25, 0.3) is 0 Å². The van der Waals surface area contributed by atoms with Crippen molar-refractivity contribution in [1.82, 2.24) is 4.72 Å². The molecule has 0 bridgehead atoms. The highest BCUT2D eigenvalue weighted by molar-refractivity contribution is 7.89. The molecule has 0 atom stereocenters. The average Bonchev–Trinajstić information content (AvgIpc) is 2.67. The molecule has 0 aromatic carbocycles. The first-order valence-corrected chi connectivity index (χ1v) is 7.83. The predicted molar refractivity (Wildman–Crippen MR) is 71.9 cm³/mol. The molecule has 0 unspecified atom stereocenters. The number of methoxy groups -OCH3 is 1. The number of carbonyl (C=O) groups is 1. The lowest BCUT2D eigenvalue weighted by Crippen LogP contribution is -2.38. The highest BCUT2D eigenvalue weighted by Gasteiger charge is 2.28. The van der Waals surface area contributed by atoms with E-state index in [1.807, 2.05) is 0 Å². The van der Waals surface area contributed by atoms with Gasteiger partial charge in [0.05, 0.1) is 12.7 Å². The van der Waals surface area contributed by atoms with E-state index in [-0.39, 0.29) is 16.3 Å². The zero-order valence-electron chi connectivity index (χ0n) is 11.2. The maximum absolute atomic E-state index is 12.2. The lowest BCUT2D eigenvalue weighted by atomic mass is 10.1. The summed E-state index contributed by atoms with van der Waals surface area (Å²) in [5.74, 6) is -0.693. The second-order valence-corrected chi connectivity index (χ2v) is 7.29. The Morgan fingerprint density at radius 3 is 2.58 bits per heavy atom. The molecule has 0 aliphatic heterocycles. The number of carbonyl (C=O) groups excluding carboxylic acids is 1. The van der Waals surface area contributed by atoms with Gasteiger partial charge in [-0.15, -0.1) is 11.3 Å². The number of sulfonamides is 1. The molecule has 0 spiro atoms. The molecule has 2 N–H and O–H groups in total. The molecule has 0 radical (unpaired) electrons. The Morgan fingerprint density at radius 2 is 2.11 bits per heavy atom. The van der Waals surface area contributed by atoms with Crippen LogP contribution in [-0.4, -0.2) is 38.7 Å². The molecule has 0 aliphatic carbocycles. The molecule has 1 heterocycles. The van der Waals surface area contributed by atoms with Crippen LogP contribution in [0, 0.1) is 6.92 Å². The van der Waals surface area contributed by atoms with Gasteiger partial charge in [-0.1, -0.05) is 0 Å². The average molecular weight is 307 g/mol. The second kappa shape index (κ2) is 5.58. The molecule has 0 aliphatic rings. The van der Waals surface area contributed by atoms with Crippen LogP contribution in [0.15, 0.2) is 10.3 Å². The summed E-state index contributed by atoms with van der Waals surface area (Å²) in [7, 11) is -2.67. The van der Waals surface area contributed by atoms with E-state index >= 15 is 0 Å². The lowest BCUT2D eigenvalue weighted by molar-refractivity contribution is 0.0602. The van der Waals surface area contributed by atoms with Gasteiger partial charge < -0.3 is 9.84 Å².